The standard InChI is InChI=1S/C18H22N6/c1-13-10-14(2)12-15(11-13)21-18(19)20-8-5-7-17-23-22-16-6-3-4-9-24(16)17/h3-4,6,9-12H,5,7-8H2,1-2H3,(H3,19,20,21). The van der Waals surface area contributed by atoms with Gasteiger partial charge in [-0.3, -0.25) is 9.39 Å². The van der Waals surface area contributed by atoms with Gasteiger partial charge in [0.25, 0.3) is 0 Å². The van der Waals surface area contributed by atoms with Crippen LogP contribution in [0.5, 0.6) is 0 Å². The van der Waals surface area contributed by atoms with Crippen molar-refractivity contribution in [1.82, 2.24) is 14.6 Å². The van der Waals surface area contributed by atoms with Crippen molar-refractivity contribution in [2.45, 2.75) is 26.7 Å². The van der Waals surface area contributed by atoms with Crippen LogP contribution >= 0.6 is 0 Å². The van der Waals surface area contributed by atoms with Crippen LogP contribution in [0.2, 0.25) is 0 Å². The molecule has 3 aromatic rings. The summed E-state index contributed by atoms with van der Waals surface area (Å²) in [6, 6.07) is 12.1. The molecule has 1 aromatic carbocycles. The normalized spacial score (nSPS) is 11.8. The summed E-state index contributed by atoms with van der Waals surface area (Å²) in [7, 11) is 0. The first kappa shape index (κ1) is 16.0. The number of pyridine rings is 1. The highest BCUT2D eigenvalue weighted by Gasteiger charge is 2.03. The Morgan fingerprint density at radius 1 is 1.17 bits per heavy atom. The molecule has 0 unspecified atom stereocenters. The number of nitrogens with zero attached hydrogens (tertiary/aromatic N) is 4. The molecule has 0 radical (unpaired) electrons. The Hall–Kier alpha value is -2.89. The molecule has 124 valence electrons. The molecule has 0 amide bonds. The summed E-state index contributed by atoms with van der Waals surface area (Å²) in [6.07, 6.45) is 3.65. The average Bonchev–Trinajstić information content (AvgIpc) is 2.94. The fourth-order valence-electron chi connectivity index (χ4n) is 2.73. The van der Waals surface area contributed by atoms with Crippen molar-refractivity contribution in [3.63, 3.8) is 0 Å². The zero-order valence-electron chi connectivity index (χ0n) is 14.0. The molecular formula is C18H22N6. The van der Waals surface area contributed by atoms with Gasteiger partial charge in [0.2, 0.25) is 0 Å². The van der Waals surface area contributed by atoms with E-state index >= 15 is 0 Å². The molecule has 0 spiro atoms. The predicted molar refractivity (Wildman–Crippen MR) is 97.3 cm³/mol. The molecule has 0 aliphatic carbocycles. The molecule has 0 aliphatic rings. The van der Waals surface area contributed by atoms with Crippen LogP contribution in [0.3, 0.4) is 0 Å². The Morgan fingerprint density at radius 2 is 1.96 bits per heavy atom. The topological polar surface area (TPSA) is 80.6 Å². The lowest BCUT2D eigenvalue weighted by molar-refractivity contribution is 0.770. The smallest absolute Gasteiger partial charge is 0.193 e. The number of rotatable bonds is 5. The number of aryl methyl sites for hydroxylation is 3. The minimum Gasteiger partial charge on any atom is -0.370 e. The first-order chi connectivity index (χ1) is 11.6. The van der Waals surface area contributed by atoms with Crippen LogP contribution in [0.1, 0.15) is 23.4 Å². The molecule has 3 N–H and O–H groups in total. The van der Waals surface area contributed by atoms with E-state index in [-0.39, 0.29) is 0 Å². The molecule has 2 heterocycles. The van der Waals surface area contributed by atoms with Crippen molar-refractivity contribution >= 4 is 17.3 Å². The second-order valence-corrected chi connectivity index (χ2v) is 5.92. The van der Waals surface area contributed by atoms with Crippen molar-refractivity contribution in [3.05, 3.63) is 59.5 Å². The van der Waals surface area contributed by atoms with E-state index in [2.05, 4.69) is 52.6 Å². The third-order valence-electron chi connectivity index (χ3n) is 3.72. The summed E-state index contributed by atoms with van der Waals surface area (Å²) in [5, 5.41) is 11.5. The first-order valence-corrected chi connectivity index (χ1v) is 8.06. The third kappa shape index (κ3) is 3.90. The summed E-state index contributed by atoms with van der Waals surface area (Å²) < 4.78 is 2.00. The van der Waals surface area contributed by atoms with Crippen molar-refractivity contribution < 1.29 is 0 Å². The number of fused-ring (bicyclic) bond motifs is 1. The van der Waals surface area contributed by atoms with E-state index in [0.717, 1.165) is 30.0 Å². The zero-order chi connectivity index (χ0) is 16.9. The summed E-state index contributed by atoms with van der Waals surface area (Å²) in [4.78, 5) is 4.38. The van der Waals surface area contributed by atoms with Crippen molar-refractivity contribution in [2.75, 3.05) is 11.9 Å². The van der Waals surface area contributed by atoms with Gasteiger partial charge in [-0.1, -0.05) is 12.1 Å². The Morgan fingerprint density at radius 3 is 2.75 bits per heavy atom. The van der Waals surface area contributed by atoms with Gasteiger partial charge in [0.15, 0.2) is 11.6 Å². The van der Waals surface area contributed by atoms with Crippen molar-refractivity contribution in [1.29, 1.82) is 0 Å². The highest BCUT2D eigenvalue weighted by Crippen LogP contribution is 2.13. The lowest BCUT2D eigenvalue weighted by Gasteiger charge is -2.08. The maximum atomic E-state index is 5.96. The van der Waals surface area contributed by atoms with Gasteiger partial charge < -0.3 is 11.1 Å². The molecular weight excluding hydrogens is 300 g/mol. The van der Waals surface area contributed by atoms with E-state index in [9.17, 15) is 0 Å². The van der Waals surface area contributed by atoms with E-state index in [0.29, 0.717) is 12.5 Å². The fraction of sp³-hybridized carbons (Fsp3) is 0.278. The van der Waals surface area contributed by atoms with Crippen LogP contribution in [-0.4, -0.2) is 27.1 Å². The van der Waals surface area contributed by atoms with Gasteiger partial charge in [-0.25, -0.2) is 0 Å². The lowest BCUT2D eigenvalue weighted by atomic mass is 10.1. The highest BCUT2D eigenvalue weighted by atomic mass is 15.2. The minimum absolute atomic E-state index is 0.436. The van der Waals surface area contributed by atoms with Crippen LogP contribution in [0.4, 0.5) is 5.69 Å². The second-order valence-electron chi connectivity index (χ2n) is 5.92. The number of hydrogen-bond donors (Lipinski definition) is 2. The van der Waals surface area contributed by atoms with Gasteiger partial charge in [-0.2, -0.15) is 0 Å². The number of nitrogens with one attached hydrogen (secondary N) is 1. The van der Waals surface area contributed by atoms with Gasteiger partial charge in [-0.15, -0.1) is 10.2 Å². The number of anilines is 1. The highest BCUT2D eigenvalue weighted by molar-refractivity contribution is 5.92. The Balaban J connectivity index is 1.54. The summed E-state index contributed by atoms with van der Waals surface area (Å²) in [6.45, 7) is 4.77. The summed E-state index contributed by atoms with van der Waals surface area (Å²) in [5.41, 5.74) is 10.2. The van der Waals surface area contributed by atoms with E-state index in [1.807, 2.05) is 28.8 Å². The zero-order valence-corrected chi connectivity index (χ0v) is 14.0. The van der Waals surface area contributed by atoms with Crippen molar-refractivity contribution in [2.24, 2.45) is 10.7 Å². The third-order valence-corrected chi connectivity index (χ3v) is 3.72. The van der Waals surface area contributed by atoms with Gasteiger partial charge >= 0.3 is 0 Å². The molecule has 0 saturated heterocycles. The molecule has 0 fully saturated rings. The number of nitrogens with two attached hydrogens (primary N) is 1. The molecule has 6 nitrogen and oxygen atoms in total. The number of guanidine groups is 1. The van der Waals surface area contributed by atoms with Crippen LogP contribution in [-0.2, 0) is 6.42 Å². The van der Waals surface area contributed by atoms with Gasteiger partial charge in [0.1, 0.15) is 5.82 Å². The quantitative estimate of drug-likeness (QED) is 0.430. The largest absolute Gasteiger partial charge is 0.370 e. The van der Waals surface area contributed by atoms with Crippen LogP contribution in [0.15, 0.2) is 47.6 Å². The number of aromatic nitrogens is 3. The molecule has 3 rings (SSSR count). The molecule has 0 aliphatic heterocycles. The van der Waals surface area contributed by atoms with Gasteiger partial charge in [0, 0.05) is 24.8 Å². The van der Waals surface area contributed by atoms with Crippen LogP contribution < -0.4 is 11.1 Å². The maximum Gasteiger partial charge on any atom is 0.193 e. The van der Waals surface area contributed by atoms with Crippen LogP contribution in [0, 0.1) is 13.8 Å². The minimum atomic E-state index is 0.436. The lowest BCUT2D eigenvalue weighted by Crippen LogP contribution is -2.23. The molecule has 0 bridgehead atoms. The predicted octanol–water partition coefficient (Wildman–Crippen LogP) is 2.71. The second kappa shape index (κ2) is 7.12. The molecule has 2 aromatic heterocycles. The molecule has 6 heteroatoms. The van der Waals surface area contributed by atoms with E-state index in [4.69, 9.17) is 5.73 Å². The molecule has 24 heavy (non-hydrogen) atoms. The van der Waals surface area contributed by atoms with Crippen molar-refractivity contribution in [3.8, 4) is 0 Å². The van der Waals surface area contributed by atoms with Gasteiger partial charge in [-0.05, 0) is 55.7 Å². The average molecular weight is 322 g/mol. The summed E-state index contributed by atoms with van der Waals surface area (Å²) >= 11 is 0. The molecule has 0 atom stereocenters. The number of aliphatic imine (C=N–C) groups is 1. The maximum absolute atomic E-state index is 5.96. The monoisotopic (exact) mass is 322 g/mol. The van der Waals surface area contributed by atoms with E-state index in [1.165, 1.54) is 11.1 Å². The number of hydrogen-bond acceptors (Lipinski definition) is 3. The SMILES string of the molecule is Cc1cc(C)cc(NC(N)=NCCCc2nnc3ccccn23)c1. The Labute approximate surface area is 141 Å². The molecule has 0 saturated carbocycles. The Kier molecular flexibility index (Phi) is 4.74. The fourth-order valence-corrected chi connectivity index (χ4v) is 2.73. The van der Waals surface area contributed by atoms with Crippen LogP contribution in [0.25, 0.3) is 5.65 Å². The first-order valence-electron chi connectivity index (χ1n) is 8.06. The summed E-state index contributed by atoms with van der Waals surface area (Å²) in [5.74, 6) is 1.38. The Bertz CT molecular complexity index is 845. The van der Waals surface area contributed by atoms with Gasteiger partial charge in [0.05, 0.1) is 0 Å². The van der Waals surface area contributed by atoms with E-state index < -0.39 is 0 Å². The number of benzene rings is 1. The van der Waals surface area contributed by atoms with E-state index in [1.54, 1.807) is 0 Å².